The van der Waals surface area contributed by atoms with Gasteiger partial charge in [-0.15, -0.1) is 0 Å². The van der Waals surface area contributed by atoms with Crippen molar-refractivity contribution in [3.05, 3.63) is 70.7 Å². The zero-order valence-corrected chi connectivity index (χ0v) is 15.9. The smallest absolute Gasteiger partial charge is 0.263 e. The average molecular weight is 411 g/mol. The van der Waals surface area contributed by atoms with E-state index in [2.05, 4.69) is 33.0 Å². The summed E-state index contributed by atoms with van der Waals surface area (Å²) in [5.41, 5.74) is 2.29. The molecule has 2 aliphatic heterocycles. The van der Waals surface area contributed by atoms with Crippen LogP contribution in [0.4, 0.5) is 11.4 Å². The number of para-hydroxylation sites is 1. The van der Waals surface area contributed by atoms with E-state index in [-0.39, 0.29) is 17.9 Å². The lowest BCUT2D eigenvalue weighted by Crippen LogP contribution is -2.43. The van der Waals surface area contributed by atoms with E-state index >= 15 is 0 Å². The van der Waals surface area contributed by atoms with Crippen molar-refractivity contribution in [2.45, 2.75) is 25.3 Å². The van der Waals surface area contributed by atoms with Gasteiger partial charge in [-0.05, 0) is 49.6 Å². The second-order valence-electron chi connectivity index (χ2n) is 6.60. The van der Waals surface area contributed by atoms with E-state index in [4.69, 9.17) is 0 Å². The fourth-order valence-electron chi connectivity index (χ4n) is 3.77. The van der Waals surface area contributed by atoms with Gasteiger partial charge in [0.25, 0.3) is 11.8 Å². The Hall–Kier alpha value is -2.40. The molecule has 0 aliphatic carbocycles. The summed E-state index contributed by atoms with van der Waals surface area (Å²) < 4.78 is 1.01. The largest absolute Gasteiger partial charge is 0.364 e. The average Bonchev–Trinajstić information content (AvgIpc) is 2.96. The number of rotatable bonds is 3. The molecule has 1 saturated heterocycles. The minimum Gasteiger partial charge on any atom is -0.364 e. The van der Waals surface area contributed by atoms with Gasteiger partial charge in [-0.25, -0.2) is 4.90 Å². The Balaban J connectivity index is 1.66. The molecule has 132 valence electrons. The molecule has 0 spiro atoms. The lowest BCUT2D eigenvalue weighted by atomic mass is 9.94. The Bertz CT molecular complexity index is 879. The quantitative estimate of drug-likeness (QED) is 0.707. The van der Waals surface area contributed by atoms with Crippen molar-refractivity contribution in [2.24, 2.45) is 0 Å². The van der Waals surface area contributed by atoms with Crippen molar-refractivity contribution in [3.63, 3.8) is 0 Å². The molecule has 2 amide bonds. The molecular formula is C21H19BrN2O2. The minimum absolute atomic E-state index is 0.0665. The number of hydrogen-bond acceptors (Lipinski definition) is 3. The lowest BCUT2D eigenvalue weighted by molar-refractivity contribution is -0.120. The molecule has 0 N–H and O–H groups in total. The Morgan fingerprint density at radius 2 is 1.69 bits per heavy atom. The Morgan fingerprint density at radius 3 is 2.46 bits per heavy atom. The molecule has 26 heavy (non-hydrogen) atoms. The highest BCUT2D eigenvalue weighted by molar-refractivity contribution is 9.10. The van der Waals surface area contributed by atoms with Crippen LogP contribution in [-0.4, -0.2) is 24.4 Å². The summed E-state index contributed by atoms with van der Waals surface area (Å²) in [7, 11) is 0. The van der Waals surface area contributed by atoms with Crippen LogP contribution in [0, 0.1) is 0 Å². The van der Waals surface area contributed by atoms with E-state index < -0.39 is 0 Å². The number of anilines is 2. The van der Waals surface area contributed by atoms with Gasteiger partial charge < -0.3 is 4.90 Å². The van der Waals surface area contributed by atoms with Gasteiger partial charge in [0.05, 0.1) is 11.7 Å². The maximum absolute atomic E-state index is 13.1. The summed E-state index contributed by atoms with van der Waals surface area (Å²) in [5, 5.41) is 0. The zero-order chi connectivity index (χ0) is 18.1. The molecule has 2 heterocycles. The fourth-order valence-corrected chi connectivity index (χ4v) is 4.15. The van der Waals surface area contributed by atoms with E-state index in [1.54, 1.807) is 12.1 Å². The number of carbonyl (C=O) groups excluding carboxylic acids is 2. The van der Waals surface area contributed by atoms with Crippen LogP contribution in [0.3, 0.4) is 0 Å². The third-order valence-electron chi connectivity index (χ3n) is 4.97. The van der Waals surface area contributed by atoms with Crippen molar-refractivity contribution < 1.29 is 9.59 Å². The van der Waals surface area contributed by atoms with Crippen molar-refractivity contribution in [2.75, 3.05) is 16.3 Å². The molecule has 2 aromatic carbocycles. The van der Waals surface area contributed by atoms with Crippen LogP contribution in [0.1, 0.15) is 19.3 Å². The van der Waals surface area contributed by atoms with Crippen LogP contribution in [0.15, 0.2) is 70.7 Å². The molecule has 4 rings (SSSR count). The van der Waals surface area contributed by atoms with Gasteiger partial charge in [0.15, 0.2) is 0 Å². The molecule has 2 aromatic rings. The summed E-state index contributed by atoms with van der Waals surface area (Å²) in [6, 6.07) is 17.2. The van der Waals surface area contributed by atoms with E-state index in [1.165, 1.54) is 11.0 Å². The van der Waals surface area contributed by atoms with Crippen molar-refractivity contribution in [1.82, 2.24) is 0 Å². The Morgan fingerprint density at radius 1 is 0.923 bits per heavy atom. The van der Waals surface area contributed by atoms with Gasteiger partial charge in [-0.1, -0.05) is 40.2 Å². The lowest BCUT2D eigenvalue weighted by Gasteiger charge is -2.38. The molecule has 1 fully saturated rings. The van der Waals surface area contributed by atoms with Gasteiger partial charge >= 0.3 is 0 Å². The second kappa shape index (κ2) is 7.08. The van der Waals surface area contributed by atoms with Crippen LogP contribution >= 0.6 is 15.9 Å². The first-order chi connectivity index (χ1) is 12.6. The first-order valence-electron chi connectivity index (χ1n) is 8.82. The van der Waals surface area contributed by atoms with Crippen molar-refractivity contribution >= 4 is 39.1 Å². The maximum atomic E-state index is 13.1. The molecule has 0 radical (unpaired) electrons. The van der Waals surface area contributed by atoms with Gasteiger partial charge in [0, 0.05) is 28.4 Å². The summed E-state index contributed by atoms with van der Waals surface area (Å²) in [6.07, 6.45) is 4.54. The van der Waals surface area contributed by atoms with Crippen LogP contribution in [-0.2, 0) is 9.59 Å². The Labute approximate surface area is 161 Å². The van der Waals surface area contributed by atoms with Crippen molar-refractivity contribution in [1.29, 1.82) is 0 Å². The topological polar surface area (TPSA) is 40.6 Å². The molecule has 0 saturated carbocycles. The highest BCUT2D eigenvalue weighted by Crippen LogP contribution is 2.34. The van der Waals surface area contributed by atoms with Gasteiger partial charge in [0.2, 0.25) is 0 Å². The highest BCUT2D eigenvalue weighted by atomic mass is 79.9. The van der Waals surface area contributed by atoms with E-state index in [9.17, 15) is 9.59 Å². The van der Waals surface area contributed by atoms with E-state index in [1.807, 2.05) is 30.3 Å². The van der Waals surface area contributed by atoms with Crippen LogP contribution in [0.5, 0.6) is 0 Å². The number of nitrogens with zero attached hydrogens (tertiary/aromatic N) is 2. The number of benzene rings is 2. The molecule has 1 atom stereocenters. The van der Waals surface area contributed by atoms with E-state index in [0.29, 0.717) is 11.3 Å². The SMILES string of the molecule is O=C1C=C(C2CCCCN2c2cccc(Br)c2)C(=O)N1c1ccccc1. The third kappa shape index (κ3) is 3.07. The number of hydrogen-bond donors (Lipinski definition) is 0. The number of carbonyl (C=O) groups is 2. The molecule has 5 heteroatoms. The first-order valence-corrected chi connectivity index (χ1v) is 9.62. The van der Waals surface area contributed by atoms with Gasteiger partial charge in [-0.2, -0.15) is 0 Å². The predicted molar refractivity (Wildman–Crippen MR) is 106 cm³/mol. The fraction of sp³-hybridized carbons (Fsp3) is 0.238. The van der Waals surface area contributed by atoms with Crippen LogP contribution in [0.2, 0.25) is 0 Å². The summed E-state index contributed by atoms with van der Waals surface area (Å²) in [4.78, 5) is 29.1. The molecule has 0 aromatic heterocycles. The summed E-state index contributed by atoms with van der Waals surface area (Å²) in [5.74, 6) is -0.455. The summed E-state index contributed by atoms with van der Waals surface area (Å²) in [6.45, 7) is 0.880. The van der Waals surface area contributed by atoms with E-state index in [0.717, 1.165) is 36.0 Å². The highest BCUT2D eigenvalue weighted by Gasteiger charge is 2.39. The summed E-state index contributed by atoms with van der Waals surface area (Å²) >= 11 is 3.52. The second-order valence-corrected chi connectivity index (χ2v) is 7.51. The monoisotopic (exact) mass is 410 g/mol. The standard InChI is InChI=1S/C21H19BrN2O2/c22-15-7-6-10-17(13-15)23-12-5-4-11-19(23)18-14-20(25)24(21(18)26)16-8-2-1-3-9-16/h1-3,6-10,13-14,19H,4-5,11-12H2. The number of imide groups is 1. The van der Waals surface area contributed by atoms with Gasteiger partial charge in [0.1, 0.15) is 0 Å². The third-order valence-corrected chi connectivity index (χ3v) is 5.46. The number of piperidine rings is 1. The normalized spacial score (nSPS) is 20.5. The zero-order valence-electron chi connectivity index (χ0n) is 14.3. The van der Waals surface area contributed by atoms with Crippen LogP contribution < -0.4 is 9.80 Å². The molecule has 2 aliphatic rings. The molecule has 4 nitrogen and oxygen atoms in total. The molecule has 0 bridgehead atoms. The predicted octanol–water partition coefficient (Wildman–Crippen LogP) is 4.31. The van der Waals surface area contributed by atoms with Crippen molar-refractivity contribution in [3.8, 4) is 0 Å². The maximum Gasteiger partial charge on any atom is 0.263 e. The van der Waals surface area contributed by atoms with Gasteiger partial charge in [-0.3, -0.25) is 9.59 Å². The first kappa shape index (κ1) is 17.0. The molecule has 1 unspecified atom stereocenters. The minimum atomic E-state index is -0.254. The number of amides is 2. The molecular weight excluding hydrogens is 392 g/mol. The Kier molecular flexibility index (Phi) is 4.64. The number of halogens is 1. The van der Waals surface area contributed by atoms with Crippen LogP contribution in [0.25, 0.3) is 0 Å².